The van der Waals surface area contributed by atoms with E-state index in [0.29, 0.717) is 5.92 Å². The molecule has 1 heterocycles. The molecule has 2 unspecified atom stereocenters. The highest BCUT2D eigenvalue weighted by Crippen LogP contribution is 2.23. The molecule has 1 saturated heterocycles. The van der Waals surface area contributed by atoms with Gasteiger partial charge in [0, 0.05) is 24.7 Å². The van der Waals surface area contributed by atoms with Crippen molar-refractivity contribution in [2.75, 3.05) is 13.1 Å². The Balaban J connectivity index is 2.23. The van der Waals surface area contributed by atoms with E-state index in [-0.39, 0.29) is 11.9 Å². The molecule has 3 heteroatoms. The highest BCUT2D eigenvalue weighted by atomic mass is 16.2. The van der Waals surface area contributed by atoms with Crippen molar-refractivity contribution in [2.24, 2.45) is 11.7 Å². The Morgan fingerprint density at radius 1 is 1.30 bits per heavy atom. The number of carbonyl (C=O) groups excluding carboxylic acids is 1. The zero-order valence-corrected chi connectivity index (χ0v) is 13.1. The molecule has 2 N–H and O–H groups in total. The van der Waals surface area contributed by atoms with Crippen molar-refractivity contribution in [2.45, 2.75) is 46.6 Å². The lowest BCUT2D eigenvalue weighted by Gasteiger charge is -2.35. The number of nitrogens with two attached hydrogens (primary N) is 1. The molecular weight excluding hydrogens is 248 g/mol. The molecule has 1 fully saturated rings. The maximum atomic E-state index is 12.8. The van der Waals surface area contributed by atoms with E-state index in [2.05, 4.69) is 19.1 Å². The lowest BCUT2D eigenvalue weighted by atomic mass is 9.91. The highest BCUT2D eigenvalue weighted by Gasteiger charge is 2.27. The summed E-state index contributed by atoms with van der Waals surface area (Å²) in [5.41, 5.74) is 10.3. The lowest BCUT2D eigenvalue weighted by Crippen LogP contribution is -2.45. The molecule has 0 aliphatic carbocycles. The second-order valence-corrected chi connectivity index (χ2v) is 6.29. The van der Waals surface area contributed by atoms with Gasteiger partial charge in [-0.05, 0) is 57.6 Å². The predicted octanol–water partition coefficient (Wildman–Crippen LogP) is 2.81. The van der Waals surface area contributed by atoms with Crippen LogP contribution in [0.3, 0.4) is 0 Å². The lowest BCUT2D eigenvalue weighted by molar-refractivity contribution is 0.0659. The van der Waals surface area contributed by atoms with Gasteiger partial charge in [0.15, 0.2) is 0 Å². The Bertz CT molecular complexity index is 485. The van der Waals surface area contributed by atoms with E-state index in [0.717, 1.165) is 42.6 Å². The van der Waals surface area contributed by atoms with E-state index < -0.39 is 0 Å². The summed E-state index contributed by atoms with van der Waals surface area (Å²) in [5.74, 6) is 0.601. The van der Waals surface area contributed by atoms with Crippen LogP contribution in [0.25, 0.3) is 0 Å². The number of carbonyl (C=O) groups is 1. The van der Waals surface area contributed by atoms with Crippen molar-refractivity contribution in [3.63, 3.8) is 0 Å². The fourth-order valence-corrected chi connectivity index (χ4v) is 3.30. The minimum Gasteiger partial charge on any atom is -0.338 e. The smallest absolute Gasteiger partial charge is 0.254 e. The number of aryl methyl sites for hydroxylation is 3. The van der Waals surface area contributed by atoms with E-state index in [1.165, 1.54) is 5.56 Å². The third kappa shape index (κ3) is 3.04. The Hall–Kier alpha value is -1.35. The van der Waals surface area contributed by atoms with Crippen LogP contribution < -0.4 is 5.73 Å². The van der Waals surface area contributed by atoms with Crippen molar-refractivity contribution < 1.29 is 4.79 Å². The summed E-state index contributed by atoms with van der Waals surface area (Å²) < 4.78 is 0. The molecule has 2 atom stereocenters. The summed E-state index contributed by atoms with van der Waals surface area (Å²) >= 11 is 0. The first-order valence-electron chi connectivity index (χ1n) is 7.53. The van der Waals surface area contributed by atoms with Gasteiger partial charge in [-0.25, -0.2) is 0 Å². The summed E-state index contributed by atoms with van der Waals surface area (Å²) in [6, 6.07) is 4.34. The summed E-state index contributed by atoms with van der Waals surface area (Å²) in [5, 5.41) is 0. The largest absolute Gasteiger partial charge is 0.338 e. The second-order valence-electron chi connectivity index (χ2n) is 6.29. The van der Waals surface area contributed by atoms with E-state index in [9.17, 15) is 4.79 Å². The van der Waals surface area contributed by atoms with Gasteiger partial charge in [-0.2, -0.15) is 0 Å². The summed E-state index contributed by atoms with van der Waals surface area (Å²) in [6.07, 6.45) is 2.19. The number of nitrogens with zero attached hydrogens (tertiary/aromatic N) is 1. The number of benzene rings is 1. The minimum absolute atomic E-state index is 0.158. The van der Waals surface area contributed by atoms with Gasteiger partial charge in [-0.1, -0.05) is 17.7 Å². The third-order valence-corrected chi connectivity index (χ3v) is 4.38. The number of amides is 1. The molecule has 110 valence electrons. The van der Waals surface area contributed by atoms with Gasteiger partial charge in [0.25, 0.3) is 5.91 Å². The quantitative estimate of drug-likeness (QED) is 0.901. The van der Waals surface area contributed by atoms with Gasteiger partial charge in [-0.15, -0.1) is 0 Å². The molecular formula is C17H26N2O. The van der Waals surface area contributed by atoms with Crippen LogP contribution >= 0.6 is 0 Å². The molecule has 0 bridgehead atoms. The SMILES string of the molecule is Cc1cc(C)c(C(=O)N2CCCC(C(C)N)C2)c(C)c1. The van der Waals surface area contributed by atoms with Crippen LogP contribution in [-0.4, -0.2) is 29.9 Å². The van der Waals surface area contributed by atoms with Crippen molar-refractivity contribution in [1.29, 1.82) is 0 Å². The maximum absolute atomic E-state index is 12.8. The first kappa shape index (κ1) is 15.0. The number of rotatable bonds is 2. The second kappa shape index (κ2) is 5.96. The molecule has 0 radical (unpaired) electrons. The molecule has 1 aromatic rings. The Morgan fingerprint density at radius 3 is 2.45 bits per heavy atom. The number of hydrogen-bond acceptors (Lipinski definition) is 2. The molecule has 1 aliphatic heterocycles. The van der Waals surface area contributed by atoms with E-state index >= 15 is 0 Å². The standard InChI is InChI=1S/C17H26N2O/c1-11-8-12(2)16(13(3)9-11)17(20)19-7-5-6-15(10-19)14(4)18/h8-9,14-15H,5-7,10,18H2,1-4H3. The molecule has 0 spiro atoms. The van der Waals surface area contributed by atoms with Crippen LogP contribution in [0.15, 0.2) is 12.1 Å². The summed E-state index contributed by atoms with van der Waals surface area (Å²) in [6.45, 7) is 9.82. The minimum atomic E-state index is 0.158. The van der Waals surface area contributed by atoms with Crippen LogP contribution in [0.2, 0.25) is 0 Å². The van der Waals surface area contributed by atoms with Crippen LogP contribution in [0, 0.1) is 26.7 Å². The summed E-state index contributed by atoms with van der Waals surface area (Å²) in [7, 11) is 0. The molecule has 20 heavy (non-hydrogen) atoms. The molecule has 0 aromatic heterocycles. The Morgan fingerprint density at radius 2 is 1.90 bits per heavy atom. The zero-order valence-electron chi connectivity index (χ0n) is 13.1. The van der Waals surface area contributed by atoms with Crippen LogP contribution in [0.4, 0.5) is 0 Å². The van der Waals surface area contributed by atoms with Gasteiger partial charge >= 0.3 is 0 Å². The first-order valence-corrected chi connectivity index (χ1v) is 7.53. The zero-order chi connectivity index (χ0) is 14.9. The topological polar surface area (TPSA) is 46.3 Å². The van der Waals surface area contributed by atoms with E-state index in [1.807, 2.05) is 25.7 Å². The van der Waals surface area contributed by atoms with E-state index in [1.54, 1.807) is 0 Å². The fourth-order valence-electron chi connectivity index (χ4n) is 3.30. The molecule has 1 aromatic carbocycles. The Kier molecular flexibility index (Phi) is 4.48. The van der Waals surface area contributed by atoms with Crippen LogP contribution in [-0.2, 0) is 0 Å². The number of hydrogen-bond donors (Lipinski definition) is 1. The van der Waals surface area contributed by atoms with E-state index in [4.69, 9.17) is 5.73 Å². The average molecular weight is 274 g/mol. The molecule has 1 amide bonds. The fraction of sp³-hybridized carbons (Fsp3) is 0.588. The maximum Gasteiger partial charge on any atom is 0.254 e. The van der Waals surface area contributed by atoms with Crippen molar-refractivity contribution in [1.82, 2.24) is 4.90 Å². The number of piperidine rings is 1. The van der Waals surface area contributed by atoms with Crippen molar-refractivity contribution >= 4 is 5.91 Å². The highest BCUT2D eigenvalue weighted by molar-refractivity contribution is 5.97. The van der Waals surface area contributed by atoms with Crippen LogP contribution in [0.1, 0.15) is 46.8 Å². The molecule has 0 saturated carbocycles. The van der Waals surface area contributed by atoms with Crippen molar-refractivity contribution in [3.8, 4) is 0 Å². The van der Waals surface area contributed by atoms with Crippen LogP contribution in [0.5, 0.6) is 0 Å². The molecule has 3 nitrogen and oxygen atoms in total. The molecule has 2 rings (SSSR count). The Labute approximate surface area is 122 Å². The van der Waals surface area contributed by atoms with Gasteiger partial charge in [0.2, 0.25) is 0 Å². The number of likely N-dealkylation sites (tertiary alicyclic amines) is 1. The van der Waals surface area contributed by atoms with Gasteiger partial charge < -0.3 is 10.6 Å². The van der Waals surface area contributed by atoms with Gasteiger partial charge in [0.1, 0.15) is 0 Å². The normalized spacial score (nSPS) is 20.9. The molecule has 1 aliphatic rings. The monoisotopic (exact) mass is 274 g/mol. The predicted molar refractivity (Wildman–Crippen MR) is 82.9 cm³/mol. The summed E-state index contributed by atoms with van der Waals surface area (Å²) in [4.78, 5) is 14.8. The first-order chi connectivity index (χ1) is 9.40. The average Bonchev–Trinajstić information content (AvgIpc) is 2.37. The van der Waals surface area contributed by atoms with Gasteiger partial charge in [0.05, 0.1) is 0 Å². The van der Waals surface area contributed by atoms with Gasteiger partial charge in [-0.3, -0.25) is 4.79 Å². The third-order valence-electron chi connectivity index (χ3n) is 4.38. The van der Waals surface area contributed by atoms with Crippen molar-refractivity contribution in [3.05, 3.63) is 34.4 Å².